The van der Waals surface area contributed by atoms with Gasteiger partial charge in [0.1, 0.15) is 43.7 Å². The zero-order valence-electron chi connectivity index (χ0n) is 20.2. The van der Waals surface area contributed by atoms with E-state index in [1.807, 2.05) is 53.7 Å². The molecule has 2 atom stereocenters. The van der Waals surface area contributed by atoms with Crippen LogP contribution in [-0.4, -0.2) is 44.4 Å². The van der Waals surface area contributed by atoms with Crippen molar-refractivity contribution < 1.29 is 44.5 Å². The maximum atomic E-state index is 6.67. The Kier molecular flexibility index (Phi) is 11.1. The van der Waals surface area contributed by atoms with Gasteiger partial charge in [0, 0.05) is 66.2 Å². The molecule has 2 rings (SSSR count). The second-order valence-electron chi connectivity index (χ2n) is 9.07. The van der Waals surface area contributed by atoms with Crippen molar-refractivity contribution >= 4 is 44.2 Å². The number of allylic oxidation sites excluding steroid dienone is 6. The molecule has 174 valence electrons. The molecule has 2 aliphatic rings. The number of halogens is 2. The van der Waals surface area contributed by atoms with Gasteiger partial charge < -0.3 is 18.3 Å². The Morgan fingerprint density at radius 1 is 0.774 bits per heavy atom. The summed E-state index contributed by atoms with van der Waals surface area (Å²) in [5.41, 5.74) is 1.01. The number of hydrogen-bond acceptors (Lipinski definition) is 4. The van der Waals surface area contributed by atoms with Gasteiger partial charge in [-0.1, -0.05) is 30.1 Å². The average Bonchev–Trinajstić information content (AvgIpc) is 3.21. The summed E-state index contributed by atoms with van der Waals surface area (Å²) in [5, 5.41) is 1.57. The van der Waals surface area contributed by atoms with E-state index < -0.39 is 11.2 Å². The molecule has 4 nitrogen and oxygen atoms in total. The summed E-state index contributed by atoms with van der Waals surface area (Å²) >= 11 is 13.3. The summed E-state index contributed by atoms with van der Waals surface area (Å²) in [5.74, 6) is 1.56. The van der Waals surface area contributed by atoms with Gasteiger partial charge in [0.15, 0.2) is 0 Å². The molecule has 0 spiro atoms. The Morgan fingerprint density at radius 3 is 1.39 bits per heavy atom. The minimum Gasteiger partial charge on any atom is -0.485 e. The molecule has 0 heterocycles. The Hall–Kier alpha value is 0.377. The third-order valence-electron chi connectivity index (χ3n) is 6.33. The summed E-state index contributed by atoms with van der Waals surface area (Å²) in [6, 6.07) is 0. The number of ether oxygens (including phenoxy) is 2. The first-order valence-electron chi connectivity index (χ1n) is 10.5. The van der Waals surface area contributed by atoms with Crippen LogP contribution in [0.5, 0.6) is 0 Å². The van der Waals surface area contributed by atoms with Crippen molar-refractivity contribution in [3.8, 4) is 0 Å². The van der Waals surface area contributed by atoms with Gasteiger partial charge in [-0.25, -0.2) is 0 Å². The van der Waals surface area contributed by atoms with Crippen molar-refractivity contribution in [3.63, 3.8) is 0 Å². The summed E-state index contributed by atoms with van der Waals surface area (Å²) < 4.78 is 24.1. The van der Waals surface area contributed by atoms with E-state index >= 15 is 0 Å². The standard InChI is InChI=1S/C22H36Cl2O4Si2.Zr/c1-12(19-15(23)8-10-17(19)25-21(4,5)13(2)27-29)20-16(24)9-11-18(20)26-22(6,7)14(3)28-30;/h10-14H,8-9H2,1-7,29-30H3;. The predicted molar refractivity (Wildman–Crippen MR) is 132 cm³/mol. The quantitative estimate of drug-likeness (QED) is 0.363. The molecule has 31 heavy (non-hydrogen) atoms. The van der Waals surface area contributed by atoms with E-state index in [-0.39, 0.29) is 44.3 Å². The summed E-state index contributed by atoms with van der Waals surface area (Å²) in [7, 11) is 1.32. The van der Waals surface area contributed by atoms with Crippen LogP contribution in [0.4, 0.5) is 0 Å². The van der Waals surface area contributed by atoms with Crippen LogP contribution in [0.25, 0.3) is 0 Å². The van der Waals surface area contributed by atoms with Gasteiger partial charge >= 0.3 is 0 Å². The van der Waals surface area contributed by atoms with Crippen molar-refractivity contribution in [3.05, 3.63) is 44.9 Å². The minimum atomic E-state index is -0.469. The molecule has 0 N–H and O–H groups in total. The van der Waals surface area contributed by atoms with E-state index in [4.69, 9.17) is 41.5 Å². The van der Waals surface area contributed by atoms with E-state index in [9.17, 15) is 0 Å². The molecule has 2 unspecified atom stereocenters. The van der Waals surface area contributed by atoms with Crippen molar-refractivity contribution in [2.75, 3.05) is 0 Å². The van der Waals surface area contributed by atoms with Crippen LogP contribution in [0.3, 0.4) is 0 Å². The van der Waals surface area contributed by atoms with E-state index in [1.54, 1.807) is 0 Å². The van der Waals surface area contributed by atoms with Crippen molar-refractivity contribution in [1.29, 1.82) is 0 Å². The third-order valence-corrected chi connectivity index (χ3v) is 8.46. The molecule has 0 aromatic carbocycles. The molecule has 0 fully saturated rings. The van der Waals surface area contributed by atoms with Crippen LogP contribution in [-0.2, 0) is 44.5 Å². The average molecular weight is 583 g/mol. The molecule has 0 aromatic rings. The smallest absolute Gasteiger partial charge is 0.146 e. The van der Waals surface area contributed by atoms with Crippen molar-refractivity contribution in [2.45, 2.75) is 84.7 Å². The topological polar surface area (TPSA) is 36.9 Å². The zero-order chi connectivity index (χ0) is 22.9. The largest absolute Gasteiger partial charge is 0.485 e. The van der Waals surface area contributed by atoms with Crippen LogP contribution in [0.2, 0.25) is 0 Å². The van der Waals surface area contributed by atoms with Crippen LogP contribution >= 0.6 is 23.2 Å². The predicted octanol–water partition coefficient (Wildman–Crippen LogP) is 4.14. The fourth-order valence-corrected chi connectivity index (χ4v) is 5.41. The molecule has 0 aliphatic heterocycles. The molecule has 0 aromatic heterocycles. The normalized spacial score (nSPS) is 20.4. The maximum absolute atomic E-state index is 6.67. The fourth-order valence-electron chi connectivity index (χ4n) is 3.61. The number of hydrogen-bond donors (Lipinski definition) is 0. The monoisotopic (exact) mass is 580 g/mol. The fraction of sp³-hybridized carbons (Fsp3) is 0.636. The van der Waals surface area contributed by atoms with Crippen molar-refractivity contribution in [2.24, 2.45) is 5.92 Å². The molecule has 2 aliphatic carbocycles. The van der Waals surface area contributed by atoms with Gasteiger partial charge in [0.2, 0.25) is 0 Å². The molecule has 0 radical (unpaired) electrons. The van der Waals surface area contributed by atoms with Gasteiger partial charge in [0.25, 0.3) is 0 Å². The van der Waals surface area contributed by atoms with E-state index in [1.165, 1.54) is 0 Å². The molecule has 0 saturated heterocycles. The Morgan fingerprint density at radius 2 is 1.10 bits per heavy atom. The molecule has 9 heteroatoms. The van der Waals surface area contributed by atoms with E-state index in [2.05, 4.69) is 6.92 Å². The minimum absolute atomic E-state index is 0. The van der Waals surface area contributed by atoms with Gasteiger partial charge in [-0.2, -0.15) is 0 Å². The number of rotatable bonds is 10. The molecule has 0 bridgehead atoms. The van der Waals surface area contributed by atoms with Crippen molar-refractivity contribution in [1.82, 2.24) is 0 Å². The first-order valence-corrected chi connectivity index (χ1v) is 12.9. The van der Waals surface area contributed by atoms with Gasteiger partial charge in [0.05, 0.1) is 12.2 Å². The van der Waals surface area contributed by atoms with Gasteiger partial charge in [-0.05, 0) is 53.7 Å². The molecular weight excluding hydrogens is 547 g/mol. The Balaban J connectivity index is 0.00000480. The molecule has 0 amide bonds. The van der Waals surface area contributed by atoms with Gasteiger partial charge in [-0.15, -0.1) is 0 Å². The van der Waals surface area contributed by atoms with Crippen LogP contribution < -0.4 is 0 Å². The second-order valence-corrected chi connectivity index (χ2v) is 10.9. The SMILES string of the molecule is CC(C1=C(Cl)CC=C1OC(C)(C)C(C)O[SiH3])C1=C(Cl)CC=C1OC(C)(C)C(C)O[SiH3].[Zr]. The van der Waals surface area contributed by atoms with Crippen LogP contribution in [0.15, 0.2) is 44.9 Å². The molecular formula is C22H36Cl2O4Si2Zr. The maximum Gasteiger partial charge on any atom is 0.146 e. The zero-order valence-corrected chi connectivity index (χ0v) is 28.2. The molecule has 0 saturated carbocycles. The third kappa shape index (κ3) is 6.71. The van der Waals surface area contributed by atoms with Gasteiger partial charge in [-0.3, -0.25) is 0 Å². The summed E-state index contributed by atoms with van der Waals surface area (Å²) in [4.78, 5) is 0. The van der Waals surface area contributed by atoms with Crippen LogP contribution in [0, 0.1) is 5.92 Å². The van der Waals surface area contributed by atoms with Crippen LogP contribution in [0.1, 0.15) is 61.3 Å². The first-order chi connectivity index (χ1) is 13.9. The second kappa shape index (κ2) is 11.7. The first kappa shape index (κ1) is 29.4. The Bertz CT molecular complexity index is 726. The van der Waals surface area contributed by atoms with E-state index in [0.717, 1.165) is 32.7 Å². The summed E-state index contributed by atoms with van der Waals surface area (Å²) in [6.07, 6.45) is 5.37. The Labute approximate surface area is 223 Å². The van der Waals surface area contributed by atoms with E-state index in [0.29, 0.717) is 33.8 Å². The summed E-state index contributed by atoms with van der Waals surface area (Å²) in [6.45, 7) is 14.3.